The van der Waals surface area contributed by atoms with Gasteiger partial charge in [-0.1, -0.05) is 55.8 Å². The summed E-state index contributed by atoms with van der Waals surface area (Å²) in [5.74, 6) is -2.33. The average molecular weight is 504 g/mol. The molecule has 3 aromatic rings. The summed E-state index contributed by atoms with van der Waals surface area (Å²) in [4.78, 5) is 17.6. The Morgan fingerprint density at radius 3 is 2.38 bits per heavy atom. The molecule has 0 spiro atoms. The van der Waals surface area contributed by atoms with Crippen LogP contribution in [0.5, 0.6) is 0 Å². The van der Waals surface area contributed by atoms with Crippen LogP contribution in [-0.2, 0) is 20.4 Å². The molecule has 3 rings (SSSR count). The lowest BCUT2D eigenvalue weighted by atomic mass is 9.77. The first kappa shape index (κ1) is 26.3. The molecule has 7 nitrogen and oxygen atoms in total. The lowest BCUT2D eigenvalue weighted by Gasteiger charge is -2.42. The van der Waals surface area contributed by atoms with Gasteiger partial charge in [0.15, 0.2) is 9.84 Å². The third-order valence-corrected chi connectivity index (χ3v) is 8.62. The Kier molecular flexibility index (Phi) is 8.46. The third-order valence-electron chi connectivity index (χ3n) is 5.84. The number of hydrogen-bond donors (Lipinski definition) is 3. The van der Waals surface area contributed by atoms with E-state index in [2.05, 4.69) is 10.3 Å². The van der Waals surface area contributed by atoms with E-state index in [9.17, 15) is 18.3 Å². The normalized spacial score (nSPS) is 15.8. The topological polar surface area (TPSA) is 122 Å². The van der Waals surface area contributed by atoms with Crippen LogP contribution in [0.4, 0.5) is 0 Å². The van der Waals surface area contributed by atoms with E-state index in [-0.39, 0.29) is 11.8 Å². The molecule has 3 atom stereocenters. The minimum absolute atomic E-state index is 0.223. The number of nitrogens with zero attached hydrogens (tertiary/aromatic N) is 1. The first-order valence-electron chi connectivity index (χ1n) is 11.4. The highest BCUT2D eigenvalue weighted by Crippen LogP contribution is 2.39. The highest BCUT2D eigenvalue weighted by atomic mass is 32.2. The fourth-order valence-corrected chi connectivity index (χ4v) is 7.45. The van der Waals surface area contributed by atoms with Crippen molar-refractivity contribution in [3.05, 3.63) is 65.2 Å². The number of amides is 1. The molecule has 9 heteroatoms. The molecule has 0 aliphatic rings. The van der Waals surface area contributed by atoms with E-state index in [1.165, 1.54) is 11.3 Å². The van der Waals surface area contributed by atoms with Gasteiger partial charge in [-0.05, 0) is 38.0 Å². The molecular formula is C25H33N3O4S2. The first-order chi connectivity index (χ1) is 16.1. The minimum atomic E-state index is -3.78. The number of primary amides is 1. The van der Waals surface area contributed by atoms with Crippen molar-refractivity contribution in [2.45, 2.75) is 57.1 Å². The number of aromatic nitrogens is 1. The maximum Gasteiger partial charge on any atom is 0.239 e. The average Bonchev–Trinajstić information content (AvgIpc) is 3.20. The number of carbonyl (C=O) groups is 1. The molecule has 0 aliphatic heterocycles. The standard InChI is InChI=1S/C25H33N3O4S2/c1-4-10-19(22(29)23-27-20-13-8-9-14-21(20)33-23)25(24(26)30,28-17(2)3)16-34(31,32)15-18-11-6-5-7-12-18/h5-9,11-14,17,19,22,28-29H,4,10,15-16H2,1-3H3,(H2,26,30). The second-order valence-corrected chi connectivity index (χ2v) is 12.1. The lowest BCUT2D eigenvalue weighted by molar-refractivity contribution is -0.128. The van der Waals surface area contributed by atoms with Crippen molar-refractivity contribution in [3.63, 3.8) is 0 Å². The molecule has 1 heterocycles. The van der Waals surface area contributed by atoms with Crippen molar-refractivity contribution in [2.75, 3.05) is 5.75 Å². The second kappa shape index (κ2) is 10.9. The van der Waals surface area contributed by atoms with E-state index < -0.39 is 39.1 Å². The number of para-hydroxylation sites is 1. The number of carbonyl (C=O) groups excluding carboxylic acids is 1. The van der Waals surface area contributed by atoms with Gasteiger partial charge in [-0.2, -0.15) is 0 Å². The molecule has 0 bridgehead atoms. The Balaban J connectivity index is 2.06. The Bertz CT molecular complexity index is 1180. The van der Waals surface area contributed by atoms with Crippen LogP contribution in [0.3, 0.4) is 0 Å². The van der Waals surface area contributed by atoms with E-state index in [0.717, 1.165) is 10.2 Å². The molecule has 1 aromatic heterocycles. The highest BCUT2D eigenvalue weighted by molar-refractivity contribution is 7.90. The van der Waals surface area contributed by atoms with Gasteiger partial charge >= 0.3 is 0 Å². The number of hydrogen-bond acceptors (Lipinski definition) is 7. The molecule has 184 valence electrons. The fraction of sp³-hybridized carbons (Fsp3) is 0.440. The number of benzene rings is 2. The number of thiazole rings is 1. The Labute approximate surface area is 205 Å². The van der Waals surface area contributed by atoms with Gasteiger partial charge in [0.25, 0.3) is 0 Å². The number of aliphatic hydroxyl groups is 1. The van der Waals surface area contributed by atoms with Crippen LogP contribution in [-0.4, -0.2) is 41.7 Å². The zero-order chi connectivity index (χ0) is 24.9. The van der Waals surface area contributed by atoms with E-state index in [1.54, 1.807) is 24.3 Å². The summed E-state index contributed by atoms with van der Waals surface area (Å²) >= 11 is 1.34. The predicted octanol–water partition coefficient (Wildman–Crippen LogP) is 3.58. The molecule has 0 fully saturated rings. The van der Waals surface area contributed by atoms with E-state index >= 15 is 0 Å². The lowest BCUT2D eigenvalue weighted by Crippen LogP contribution is -2.66. The molecule has 3 unspecified atom stereocenters. The maximum absolute atomic E-state index is 13.4. The zero-order valence-electron chi connectivity index (χ0n) is 19.8. The van der Waals surface area contributed by atoms with Crippen molar-refractivity contribution in [1.29, 1.82) is 0 Å². The molecule has 0 saturated carbocycles. The Hall–Kier alpha value is -2.33. The largest absolute Gasteiger partial charge is 0.386 e. The van der Waals surface area contributed by atoms with Gasteiger partial charge in [-0.15, -0.1) is 11.3 Å². The quantitative estimate of drug-likeness (QED) is 0.347. The monoisotopic (exact) mass is 503 g/mol. The van der Waals surface area contributed by atoms with Gasteiger partial charge in [-0.25, -0.2) is 13.4 Å². The van der Waals surface area contributed by atoms with Crippen molar-refractivity contribution in [1.82, 2.24) is 10.3 Å². The number of aliphatic hydroxyl groups excluding tert-OH is 1. The first-order valence-corrected chi connectivity index (χ1v) is 14.1. The molecule has 2 aromatic carbocycles. The maximum atomic E-state index is 13.4. The van der Waals surface area contributed by atoms with E-state index in [0.29, 0.717) is 23.4 Å². The van der Waals surface area contributed by atoms with Gasteiger partial charge in [0.1, 0.15) is 16.7 Å². The van der Waals surface area contributed by atoms with E-state index in [4.69, 9.17) is 5.73 Å². The highest BCUT2D eigenvalue weighted by Gasteiger charge is 2.51. The molecule has 0 radical (unpaired) electrons. The summed E-state index contributed by atoms with van der Waals surface area (Å²) < 4.78 is 27.6. The number of rotatable bonds is 12. The van der Waals surface area contributed by atoms with Gasteiger partial charge in [0.05, 0.1) is 21.7 Å². The van der Waals surface area contributed by atoms with Crippen LogP contribution in [0.15, 0.2) is 54.6 Å². The van der Waals surface area contributed by atoms with Crippen LogP contribution in [0.1, 0.15) is 50.3 Å². The van der Waals surface area contributed by atoms with Crippen LogP contribution in [0, 0.1) is 5.92 Å². The Morgan fingerprint density at radius 1 is 1.15 bits per heavy atom. The van der Waals surface area contributed by atoms with Crippen molar-refractivity contribution < 1.29 is 18.3 Å². The third kappa shape index (κ3) is 6.02. The fourth-order valence-electron chi connectivity index (χ4n) is 4.50. The molecule has 4 N–H and O–H groups in total. The van der Waals surface area contributed by atoms with Gasteiger partial charge in [0.2, 0.25) is 5.91 Å². The molecular weight excluding hydrogens is 470 g/mol. The minimum Gasteiger partial charge on any atom is -0.386 e. The summed E-state index contributed by atoms with van der Waals surface area (Å²) in [6.45, 7) is 5.58. The van der Waals surface area contributed by atoms with Crippen LogP contribution in [0.25, 0.3) is 10.2 Å². The van der Waals surface area contributed by atoms with Crippen molar-refractivity contribution >= 4 is 37.3 Å². The number of nitrogens with one attached hydrogen (secondary N) is 1. The Morgan fingerprint density at radius 2 is 1.79 bits per heavy atom. The summed E-state index contributed by atoms with van der Waals surface area (Å²) in [6.07, 6.45) is -0.149. The summed E-state index contributed by atoms with van der Waals surface area (Å²) in [6, 6.07) is 16.1. The smallest absolute Gasteiger partial charge is 0.239 e. The summed E-state index contributed by atoms with van der Waals surface area (Å²) in [5, 5.41) is 15.1. The molecule has 0 aliphatic carbocycles. The number of sulfone groups is 1. The number of nitrogens with two attached hydrogens (primary N) is 1. The number of fused-ring (bicyclic) bond motifs is 1. The van der Waals surface area contributed by atoms with Crippen LogP contribution in [0.2, 0.25) is 0 Å². The van der Waals surface area contributed by atoms with Gasteiger partial charge < -0.3 is 10.8 Å². The van der Waals surface area contributed by atoms with Crippen LogP contribution < -0.4 is 11.1 Å². The SMILES string of the molecule is CCCC(C(O)c1nc2ccccc2s1)C(CS(=O)(=O)Cc1ccccc1)(NC(C)C)C(N)=O. The summed E-state index contributed by atoms with van der Waals surface area (Å²) in [7, 11) is -3.78. The predicted molar refractivity (Wildman–Crippen MR) is 137 cm³/mol. The molecule has 34 heavy (non-hydrogen) atoms. The van der Waals surface area contributed by atoms with E-state index in [1.807, 2.05) is 51.1 Å². The zero-order valence-corrected chi connectivity index (χ0v) is 21.4. The summed E-state index contributed by atoms with van der Waals surface area (Å²) in [5.41, 5.74) is 5.65. The van der Waals surface area contributed by atoms with Gasteiger partial charge in [-0.3, -0.25) is 10.1 Å². The van der Waals surface area contributed by atoms with Gasteiger partial charge in [0, 0.05) is 12.0 Å². The van der Waals surface area contributed by atoms with Crippen molar-refractivity contribution in [2.24, 2.45) is 11.7 Å². The molecule has 0 saturated heterocycles. The molecule has 1 amide bonds. The van der Waals surface area contributed by atoms with Crippen LogP contribution >= 0.6 is 11.3 Å². The van der Waals surface area contributed by atoms with Crippen molar-refractivity contribution in [3.8, 4) is 0 Å². The second-order valence-electron chi connectivity index (χ2n) is 9.01.